The molecule has 1 aliphatic carbocycles. The molecule has 1 unspecified atom stereocenters. The van der Waals surface area contributed by atoms with Gasteiger partial charge in [0.25, 0.3) is 0 Å². The average Bonchev–Trinajstić information content (AvgIpc) is 3.40. The number of allylic oxidation sites excluding steroid dienone is 3. The molecule has 2 aliphatic rings. The van der Waals surface area contributed by atoms with Crippen LogP contribution in [0.3, 0.4) is 0 Å². The zero-order chi connectivity index (χ0) is 29.3. The van der Waals surface area contributed by atoms with Gasteiger partial charge in [-0.3, -0.25) is 14.5 Å². The first-order valence-corrected chi connectivity index (χ1v) is 14.9. The Kier molecular flexibility index (Phi) is 8.09. The molecule has 210 valence electrons. The van der Waals surface area contributed by atoms with Gasteiger partial charge < -0.3 is 15.8 Å². The summed E-state index contributed by atoms with van der Waals surface area (Å²) in [5, 5.41) is 22.7. The number of nitrogens with two attached hydrogens (primary N) is 1. The van der Waals surface area contributed by atoms with Crippen molar-refractivity contribution in [3.63, 3.8) is 0 Å². The van der Waals surface area contributed by atoms with Gasteiger partial charge in [0.05, 0.1) is 30.4 Å². The van der Waals surface area contributed by atoms with Crippen molar-refractivity contribution in [2.24, 2.45) is 11.1 Å². The molecule has 9 nitrogen and oxygen atoms in total. The minimum atomic E-state index is -0.598. The number of halogens is 1. The smallest absolute Gasteiger partial charge is 0.234 e. The molecule has 3 N–H and O–H groups in total. The third-order valence-electron chi connectivity index (χ3n) is 6.87. The summed E-state index contributed by atoms with van der Waals surface area (Å²) in [6, 6.07) is 16.4. The van der Waals surface area contributed by atoms with Gasteiger partial charge in [0.2, 0.25) is 11.0 Å². The Balaban J connectivity index is 1.46. The fourth-order valence-corrected chi connectivity index (χ4v) is 6.87. The highest BCUT2D eigenvalue weighted by molar-refractivity contribution is 8.01. The van der Waals surface area contributed by atoms with Crippen LogP contribution in [0.25, 0.3) is 0 Å². The summed E-state index contributed by atoms with van der Waals surface area (Å²) in [5.74, 6) is 0.174. The van der Waals surface area contributed by atoms with E-state index in [1.54, 1.807) is 36.3 Å². The fraction of sp³-hybridized carbons (Fsp3) is 0.276. The molecule has 0 bridgehead atoms. The number of nitrogens with zero attached hydrogens (tertiary/aromatic N) is 4. The van der Waals surface area contributed by atoms with Crippen LogP contribution in [0.5, 0.6) is 5.75 Å². The normalized spacial score (nSPS) is 18.2. The summed E-state index contributed by atoms with van der Waals surface area (Å²) in [7, 11) is 1.58. The van der Waals surface area contributed by atoms with Crippen molar-refractivity contribution in [3.05, 3.63) is 81.8 Å². The molecular weight excluding hydrogens is 580 g/mol. The first-order valence-electron chi connectivity index (χ1n) is 12.7. The van der Waals surface area contributed by atoms with Gasteiger partial charge in [0.15, 0.2) is 10.1 Å². The lowest BCUT2D eigenvalue weighted by Crippen LogP contribution is -2.42. The van der Waals surface area contributed by atoms with Gasteiger partial charge in [-0.15, -0.1) is 10.2 Å². The highest BCUT2D eigenvalue weighted by Crippen LogP contribution is 2.50. The molecule has 2 aromatic carbocycles. The largest absolute Gasteiger partial charge is 0.497 e. The van der Waals surface area contributed by atoms with Gasteiger partial charge in [0.1, 0.15) is 11.6 Å². The summed E-state index contributed by atoms with van der Waals surface area (Å²) < 4.78 is 5.85. The van der Waals surface area contributed by atoms with E-state index in [2.05, 4.69) is 21.6 Å². The maximum atomic E-state index is 13.7. The predicted molar refractivity (Wildman–Crippen MR) is 161 cm³/mol. The zero-order valence-corrected chi connectivity index (χ0v) is 25.0. The molecule has 41 heavy (non-hydrogen) atoms. The Morgan fingerprint density at radius 1 is 1.22 bits per heavy atom. The average molecular weight is 607 g/mol. The van der Waals surface area contributed by atoms with Crippen LogP contribution in [0.1, 0.15) is 38.2 Å². The number of hydrogen-bond acceptors (Lipinski definition) is 10. The van der Waals surface area contributed by atoms with Crippen LogP contribution in [0.4, 0.5) is 10.8 Å². The van der Waals surface area contributed by atoms with E-state index in [0.29, 0.717) is 44.3 Å². The highest BCUT2D eigenvalue weighted by atomic mass is 35.5. The molecule has 12 heteroatoms. The number of nitrogens with one attached hydrogen (secondary N) is 1. The van der Waals surface area contributed by atoms with Crippen LogP contribution < -0.4 is 20.7 Å². The maximum Gasteiger partial charge on any atom is 0.234 e. The lowest BCUT2D eigenvalue weighted by atomic mass is 9.68. The Bertz CT molecular complexity index is 1610. The van der Waals surface area contributed by atoms with Crippen LogP contribution in [-0.4, -0.2) is 34.8 Å². The van der Waals surface area contributed by atoms with Crippen molar-refractivity contribution >= 4 is 57.2 Å². The summed E-state index contributed by atoms with van der Waals surface area (Å²) in [4.78, 5) is 27.9. The van der Waals surface area contributed by atoms with Crippen molar-refractivity contribution in [2.75, 3.05) is 23.1 Å². The van der Waals surface area contributed by atoms with E-state index in [9.17, 15) is 14.9 Å². The molecule has 0 saturated carbocycles. The number of thioether (sulfide) groups is 1. The first kappa shape index (κ1) is 28.7. The van der Waals surface area contributed by atoms with Gasteiger partial charge >= 0.3 is 0 Å². The molecule has 0 saturated heterocycles. The topological polar surface area (TPSA) is 134 Å². The number of ether oxygens (including phenoxy) is 1. The van der Waals surface area contributed by atoms with Crippen LogP contribution in [-0.2, 0) is 9.59 Å². The molecule has 1 atom stereocenters. The second-order valence-corrected chi connectivity index (χ2v) is 13.1. The molecule has 1 aromatic heterocycles. The van der Waals surface area contributed by atoms with Crippen LogP contribution in [0.2, 0.25) is 5.02 Å². The Morgan fingerprint density at radius 2 is 1.93 bits per heavy atom. The van der Waals surface area contributed by atoms with Crippen molar-refractivity contribution in [2.45, 2.75) is 36.9 Å². The molecular formula is C29H27ClN6O3S2. The summed E-state index contributed by atoms with van der Waals surface area (Å²) in [6.07, 6.45) is 0.913. The lowest BCUT2D eigenvalue weighted by Gasteiger charge is -2.42. The Morgan fingerprint density at radius 3 is 2.59 bits per heavy atom. The van der Waals surface area contributed by atoms with E-state index in [1.807, 2.05) is 38.1 Å². The number of methoxy groups -OCH3 is 1. The minimum Gasteiger partial charge on any atom is -0.497 e. The van der Waals surface area contributed by atoms with Gasteiger partial charge in [-0.25, -0.2) is 0 Å². The molecule has 2 heterocycles. The number of hydrogen-bond donors (Lipinski definition) is 2. The molecule has 1 aliphatic heterocycles. The number of Topliss-reactive ketones (excluding diaryl/α,β-unsaturated/α-hetero) is 1. The van der Waals surface area contributed by atoms with Crippen molar-refractivity contribution in [3.8, 4) is 11.8 Å². The number of carbonyl (C=O) groups excluding carboxylic acids is 2. The van der Waals surface area contributed by atoms with Crippen molar-refractivity contribution < 1.29 is 14.3 Å². The van der Waals surface area contributed by atoms with E-state index in [0.717, 1.165) is 11.3 Å². The molecule has 3 aromatic rings. The number of amides is 1. The molecule has 5 rings (SSSR count). The zero-order valence-electron chi connectivity index (χ0n) is 22.6. The number of carbonyl (C=O) groups is 2. The van der Waals surface area contributed by atoms with Gasteiger partial charge in [0, 0.05) is 28.4 Å². The molecule has 0 spiro atoms. The van der Waals surface area contributed by atoms with Crippen LogP contribution in [0.15, 0.2) is 75.5 Å². The van der Waals surface area contributed by atoms with E-state index in [4.69, 9.17) is 22.1 Å². The van der Waals surface area contributed by atoms with Crippen LogP contribution in [0, 0.1) is 16.7 Å². The summed E-state index contributed by atoms with van der Waals surface area (Å²) in [5.41, 5.74) is 9.34. The van der Waals surface area contributed by atoms with Crippen LogP contribution >= 0.6 is 34.7 Å². The van der Waals surface area contributed by atoms with Gasteiger partial charge in [-0.1, -0.05) is 60.7 Å². The highest BCUT2D eigenvalue weighted by Gasteiger charge is 2.45. The van der Waals surface area contributed by atoms with E-state index in [-0.39, 0.29) is 34.3 Å². The third kappa shape index (κ3) is 5.95. The predicted octanol–water partition coefficient (Wildman–Crippen LogP) is 5.87. The van der Waals surface area contributed by atoms with E-state index >= 15 is 0 Å². The van der Waals surface area contributed by atoms with Crippen molar-refractivity contribution in [1.29, 1.82) is 5.26 Å². The number of benzene rings is 2. The molecule has 0 fully saturated rings. The minimum absolute atomic E-state index is 0.0275. The monoisotopic (exact) mass is 606 g/mol. The second kappa shape index (κ2) is 11.6. The SMILES string of the molecule is COc1ccc(C2C(C#N)=C(N)N(c3nnc(SCC(=O)Nc4ccc(Cl)cc4)s3)C3=C2C(=O)CC(C)(C)C3)cc1. The number of nitriles is 1. The Hall–Kier alpha value is -3.85. The third-order valence-corrected chi connectivity index (χ3v) is 9.17. The van der Waals surface area contributed by atoms with E-state index in [1.165, 1.54) is 23.1 Å². The number of rotatable bonds is 7. The number of ketones is 1. The summed E-state index contributed by atoms with van der Waals surface area (Å²) in [6.45, 7) is 4.07. The Labute approximate surface area is 251 Å². The first-order chi connectivity index (χ1) is 19.6. The molecule has 0 radical (unpaired) electrons. The summed E-state index contributed by atoms with van der Waals surface area (Å²) >= 11 is 8.40. The standard InChI is InChI=1S/C29H27ClN6O3S2/c1-29(2)12-21-25(22(37)13-29)24(16-4-10-19(39-3)11-5-16)20(14-31)26(32)36(21)27-34-35-28(41-27)40-15-23(38)33-18-8-6-17(30)7-9-18/h4-11,24H,12-13,15,32H2,1-3H3,(H,33,38). The second-order valence-electron chi connectivity index (χ2n) is 10.4. The van der Waals surface area contributed by atoms with Gasteiger partial charge in [-0.05, 0) is 53.8 Å². The number of anilines is 2. The van der Waals surface area contributed by atoms with E-state index < -0.39 is 5.92 Å². The quantitative estimate of drug-likeness (QED) is 0.316. The maximum absolute atomic E-state index is 13.7. The number of aromatic nitrogens is 2. The van der Waals surface area contributed by atoms with Crippen molar-refractivity contribution in [1.82, 2.24) is 10.2 Å². The van der Waals surface area contributed by atoms with Gasteiger partial charge in [-0.2, -0.15) is 5.26 Å². The fourth-order valence-electron chi connectivity index (χ4n) is 5.07. The molecule has 1 amide bonds. The lowest BCUT2D eigenvalue weighted by molar-refractivity contribution is -0.118.